The lowest BCUT2D eigenvalue weighted by Crippen LogP contribution is -2.26. The zero-order chi connectivity index (χ0) is 19.3. The lowest BCUT2D eigenvalue weighted by Gasteiger charge is -2.14. The average Bonchev–Trinajstić information content (AvgIpc) is 2.96. The van der Waals surface area contributed by atoms with E-state index in [2.05, 4.69) is 28.2 Å². The normalized spacial score (nSPS) is 13.8. The molecule has 0 unspecified atom stereocenters. The van der Waals surface area contributed by atoms with Crippen LogP contribution in [-0.2, 0) is 0 Å². The highest BCUT2D eigenvalue weighted by atomic mass is 79.9. The molecule has 31 heavy (non-hydrogen) atoms. The van der Waals surface area contributed by atoms with E-state index in [0.29, 0.717) is 0 Å². The van der Waals surface area contributed by atoms with Gasteiger partial charge in [0.2, 0.25) is 0 Å². The quantitative estimate of drug-likeness (QED) is 0.0932. The summed E-state index contributed by atoms with van der Waals surface area (Å²) < 4.78 is 0. The van der Waals surface area contributed by atoms with Crippen molar-refractivity contribution in [2.45, 2.75) is 90.4 Å². The molecule has 4 nitrogen and oxygen atoms in total. The van der Waals surface area contributed by atoms with Crippen LogP contribution in [0.25, 0.3) is 0 Å². The fourth-order valence-electron chi connectivity index (χ4n) is 4.01. The third kappa shape index (κ3) is 29.7. The molecule has 0 aromatic carbocycles. The van der Waals surface area contributed by atoms with Crippen LogP contribution < -0.4 is 21.3 Å². The lowest BCUT2D eigenvalue weighted by molar-refractivity contribution is 0.422. The molecule has 0 saturated heterocycles. The highest BCUT2D eigenvalue weighted by molar-refractivity contribution is 8.93. The van der Waals surface area contributed by atoms with Crippen molar-refractivity contribution < 1.29 is 0 Å². The van der Waals surface area contributed by atoms with E-state index in [4.69, 9.17) is 0 Å². The van der Waals surface area contributed by atoms with Crippen LogP contribution in [0, 0.1) is 5.92 Å². The van der Waals surface area contributed by atoms with Crippen molar-refractivity contribution in [1.82, 2.24) is 21.3 Å². The molecule has 0 radical (unpaired) electrons. The van der Waals surface area contributed by atoms with E-state index in [1.165, 1.54) is 116 Å². The molecule has 0 spiro atoms. The highest BCUT2D eigenvalue weighted by Crippen LogP contribution is 2.21. The van der Waals surface area contributed by atoms with E-state index in [0.717, 1.165) is 25.6 Å². The van der Waals surface area contributed by atoms with Crippen molar-refractivity contribution in [3.05, 3.63) is 0 Å². The lowest BCUT2D eigenvalue weighted by atomic mass is 10.0. The summed E-state index contributed by atoms with van der Waals surface area (Å²) >= 11 is 0. The van der Waals surface area contributed by atoms with Crippen molar-refractivity contribution in [3.63, 3.8) is 0 Å². The van der Waals surface area contributed by atoms with E-state index in [-0.39, 0.29) is 67.9 Å². The molecule has 0 aromatic rings. The zero-order valence-corrected chi connectivity index (χ0v) is 26.9. The van der Waals surface area contributed by atoms with Gasteiger partial charge in [-0.05, 0) is 96.8 Å². The molecule has 0 heterocycles. The monoisotopic (exact) mass is 702 g/mol. The van der Waals surface area contributed by atoms with Gasteiger partial charge in [-0.1, -0.05) is 51.9 Å². The van der Waals surface area contributed by atoms with Gasteiger partial charge in [-0.15, -0.1) is 67.9 Å². The Hall–Kier alpha value is 1.76. The number of halogens is 4. The fraction of sp³-hybridized carbons (Fsp3) is 1.00. The van der Waals surface area contributed by atoms with Crippen LogP contribution in [0.1, 0.15) is 90.4 Å². The Balaban J connectivity index is -0.000000911. The van der Waals surface area contributed by atoms with Crippen LogP contribution in [0.4, 0.5) is 0 Å². The van der Waals surface area contributed by atoms with Gasteiger partial charge in [-0.2, -0.15) is 0 Å². The summed E-state index contributed by atoms with van der Waals surface area (Å²) in [4.78, 5) is 0. The van der Waals surface area contributed by atoms with Crippen LogP contribution in [0.15, 0.2) is 0 Å². The summed E-state index contributed by atoms with van der Waals surface area (Å²) in [6.45, 7) is 11.6. The Morgan fingerprint density at radius 2 is 0.903 bits per heavy atom. The topological polar surface area (TPSA) is 48.1 Å². The second-order valence-electron chi connectivity index (χ2n) is 8.39. The van der Waals surface area contributed by atoms with Crippen LogP contribution in [-0.4, -0.2) is 52.4 Å². The minimum Gasteiger partial charge on any atom is -0.317 e. The minimum atomic E-state index is 0. The van der Waals surface area contributed by atoms with E-state index in [9.17, 15) is 0 Å². The Kier molecular flexibility index (Phi) is 43.7. The van der Waals surface area contributed by atoms with E-state index in [1.807, 2.05) is 0 Å². The number of rotatable bonds is 19. The Morgan fingerprint density at radius 3 is 1.42 bits per heavy atom. The standard InChI is InChI=1S/C23H50N4.4BrH/c1-2-24-18-12-19-25-16-10-6-3-7-11-17-26-20-13-21-27-22-23-14-8-4-5-9-15-23;;;;/h23-27H,2-22H2,1H3;4*1H. The van der Waals surface area contributed by atoms with Crippen molar-refractivity contribution in [2.75, 3.05) is 52.4 Å². The molecule has 1 saturated carbocycles. The largest absolute Gasteiger partial charge is 0.317 e. The molecular formula is C23H54Br4N4. The van der Waals surface area contributed by atoms with E-state index in [1.54, 1.807) is 0 Å². The number of hydrogen-bond acceptors (Lipinski definition) is 4. The number of hydrogen-bond donors (Lipinski definition) is 4. The van der Waals surface area contributed by atoms with Gasteiger partial charge in [-0.25, -0.2) is 0 Å². The first kappa shape index (κ1) is 40.0. The first-order valence-corrected chi connectivity index (χ1v) is 12.3. The van der Waals surface area contributed by atoms with Gasteiger partial charge >= 0.3 is 0 Å². The average molecular weight is 706 g/mol. The maximum Gasteiger partial charge on any atom is -0.00205 e. The molecule has 0 aliphatic heterocycles. The summed E-state index contributed by atoms with van der Waals surface area (Å²) in [6, 6.07) is 0. The molecule has 0 atom stereocenters. The number of unbranched alkanes of at least 4 members (excludes halogenated alkanes) is 4. The maximum atomic E-state index is 3.68. The Labute approximate surface area is 236 Å². The summed E-state index contributed by atoms with van der Waals surface area (Å²) in [7, 11) is 0. The second-order valence-corrected chi connectivity index (χ2v) is 8.39. The van der Waals surface area contributed by atoms with Crippen molar-refractivity contribution in [3.8, 4) is 0 Å². The van der Waals surface area contributed by atoms with Crippen molar-refractivity contribution in [1.29, 1.82) is 0 Å². The molecule has 0 amide bonds. The molecule has 1 fully saturated rings. The Bertz CT molecular complexity index is 295. The molecule has 194 valence electrons. The van der Waals surface area contributed by atoms with Crippen LogP contribution in [0.3, 0.4) is 0 Å². The van der Waals surface area contributed by atoms with Gasteiger partial charge in [-0.3, -0.25) is 0 Å². The maximum absolute atomic E-state index is 3.68. The summed E-state index contributed by atoms with van der Waals surface area (Å²) in [6.07, 6.45) is 18.1. The fourth-order valence-corrected chi connectivity index (χ4v) is 4.01. The molecule has 0 aromatic heterocycles. The molecule has 4 N–H and O–H groups in total. The summed E-state index contributed by atoms with van der Waals surface area (Å²) in [5, 5.41) is 14.2. The van der Waals surface area contributed by atoms with Crippen molar-refractivity contribution in [2.24, 2.45) is 5.92 Å². The molecule has 1 aliphatic carbocycles. The van der Waals surface area contributed by atoms with Gasteiger partial charge in [0.1, 0.15) is 0 Å². The zero-order valence-electron chi connectivity index (χ0n) is 20.1. The minimum absolute atomic E-state index is 0. The smallest absolute Gasteiger partial charge is 0.00205 e. The molecular weight excluding hydrogens is 652 g/mol. The first-order valence-electron chi connectivity index (χ1n) is 12.3. The van der Waals surface area contributed by atoms with Gasteiger partial charge in [0.05, 0.1) is 0 Å². The molecule has 1 aliphatic rings. The SMILES string of the molecule is Br.Br.Br.Br.CCNCCCNCCCCCCCNCCCNCC1CCCCCC1. The Morgan fingerprint density at radius 1 is 0.484 bits per heavy atom. The predicted octanol–water partition coefficient (Wildman–Crippen LogP) is 6.38. The van der Waals surface area contributed by atoms with Gasteiger partial charge in [0.25, 0.3) is 0 Å². The van der Waals surface area contributed by atoms with Gasteiger partial charge in [0.15, 0.2) is 0 Å². The molecule has 1 rings (SSSR count). The van der Waals surface area contributed by atoms with Crippen LogP contribution >= 0.6 is 67.9 Å². The van der Waals surface area contributed by atoms with E-state index >= 15 is 0 Å². The third-order valence-corrected chi connectivity index (χ3v) is 5.78. The highest BCUT2D eigenvalue weighted by Gasteiger charge is 2.11. The molecule has 0 bridgehead atoms. The summed E-state index contributed by atoms with van der Waals surface area (Å²) in [5.41, 5.74) is 0. The van der Waals surface area contributed by atoms with E-state index < -0.39 is 0 Å². The third-order valence-electron chi connectivity index (χ3n) is 5.78. The first-order chi connectivity index (χ1) is 13.4. The van der Waals surface area contributed by atoms with Crippen molar-refractivity contribution >= 4 is 67.9 Å². The second kappa shape index (κ2) is 33.9. The van der Waals surface area contributed by atoms with Gasteiger partial charge in [0, 0.05) is 0 Å². The summed E-state index contributed by atoms with van der Waals surface area (Å²) in [5.74, 6) is 0.953. The van der Waals surface area contributed by atoms with Gasteiger partial charge < -0.3 is 21.3 Å². The molecule has 8 heteroatoms. The predicted molar refractivity (Wildman–Crippen MR) is 162 cm³/mol. The van der Waals surface area contributed by atoms with Crippen LogP contribution in [0.2, 0.25) is 0 Å². The number of nitrogens with one attached hydrogen (secondary N) is 4. The van der Waals surface area contributed by atoms with Crippen LogP contribution in [0.5, 0.6) is 0 Å².